The average Bonchev–Trinajstić information content (AvgIpc) is 4.04. The Morgan fingerprint density at radius 3 is 2.07 bits per heavy atom. The summed E-state index contributed by atoms with van der Waals surface area (Å²) in [6.45, 7) is 5.92. The quantitative estimate of drug-likeness (QED) is 0.0278. The second kappa shape index (κ2) is 26.9. The molecule has 0 spiro atoms. The number of phenolic OH excluding ortho intramolecular Hbond substituents is 1. The van der Waals surface area contributed by atoms with Gasteiger partial charge in [-0.25, -0.2) is 9.78 Å². The van der Waals surface area contributed by atoms with E-state index in [0.29, 0.717) is 48.9 Å². The standard InChI is InChI=1S/C47H68N12O9/c1-4-6-15-34(54-40(61)33(48)14-10-21-52-47(49)50)41(62)55-35(23-30-17-19-32(60)20-18-30)42(63)58-39(28(3)5-2)44(65)56-36(25-31-26-51-27-53-31)45(66)59-22-11-16-38(59)43(64)57-37(46(67)68)24-29-12-8-7-9-13-29/h7-9,12-13,17-20,26-28,33-39,60H,4-6,10-11,14-16,21-25,48H2,1-3H3,(H,51,53)(H,54,61)(H,55,62)(H,56,65)(H,57,64)(H,58,63)(H,67,68)(H4,49,50,52)/t28-,33-,34-,35-,36-,37-,38-,39-/m0/s1. The number of nitrogens with one attached hydrogen (secondary N) is 6. The van der Waals surface area contributed by atoms with Gasteiger partial charge in [-0.3, -0.25) is 33.8 Å². The van der Waals surface area contributed by atoms with Crippen molar-refractivity contribution in [2.45, 2.75) is 134 Å². The van der Waals surface area contributed by atoms with E-state index in [0.717, 1.165) is 0 Å². The summed E-state index contributed by atoms with van der Waals surface area (Å²) in [6.07, 6.45) is 6.05. The molecule has 0 unspecified atom stereocenters. The van der Waals surface area contributed by atoms with E-state index in [9.17, 15) is 43.8 Å². The topological polar surface area (TPSA) is 342 Å². The van der Waals surface area contributed by atoms with Crippen LogP contribution in [0.5, 0.6) is 5.75 Å². The molecule has 8 atom stereocenters. The number of aromatic amines is 1. The highest BCUT2D eigenvalue weighted by atomic mass is 16.4. The van der Waals surface area contributed by atoms with Gasteiger partial charge < -0.3 is 63.9 Å². The third-order valence-corrected chi connectivity index (χ3v) is 11.9. The van der Waals surface area contributed by atoms with Crippen LogP contribution in [0.4, 0.5) is 0 Å². The Hall–Kier alpha value is -7.03. The van der Waals surface area contributed by atoms with Gasteiger partial charge in [-0.1, -0.05) is 82.5 Å². The van der Waals surface area contributed by atoms with Crippen molar-refractivity contribution in [1.29, 1.82) is 0 Å². The van der Waals surface area contributed by atoms with Gasteiger partial charge in [0.15, 0.2) is 5.96 Å². The van der Waals surface area contributed by atoms with Gasteiger partial charge in [0.25, 0.3) is 0 Å². The molecule has 1 aliphatic rings. The van der Waals surface area contributed by atoms with E-state index in [1.165, 1.54) is 29.6 Å². The van der Waals surface area contributed by atoms with Crippen LogP contribution < -0.4 is 43.8 Å². The summed E-state index contributed by atoms with van der Waals surface area (Å²) < 4.78 is 0. The number of carboxylic acids is 1. The van der Waals surface area contributed by atoms with Crippen molar-refractivity contribution in [1.82, 2.24) is 41.5 Å². The number of carbonyl (C=O) groups excluding carboxylic acids is 6. The van der Waals surface area contributed by atoms with Crippen LogP contribution in [0.1, 0.15) is 89.0 Å². The molecule has 2 heterocycles. The summed E-state index contributed by atoms with van der Waals surface area (Å²) in [5.74, 6) is -5.76. The van der Waals surface area contributed by atoms with Crippen LogP contribution in [0.2, 0.25) is 0 Å². The van der Waals surface area contributed by atoms with Crippen molar-refractivity contribution in [3.8, 4) is 5.75 Å². The van der Waals surface area contributed by atoms with Gasteiger partial charge in [0.1, 0.15) is 42.0 Å². The van der Waals surface area contributed by atoms with Crippen molar-refractivity contribution in [3.05, 3.63) is 83.9 Å². The maximum Gasteiger partial charge on any atom is 0.326 e. The highest BCUT2D eigenvalue weighted by molar-refractivity contribution is 5.97. The molecule has 21 heteroatoms. The molecule has 0 aliphatic carbocycles. The number of carboxylic acid groups (broad SMARTS) is 1. The van der Waals surface area contributed by atoms with Crippen molar-refractivity contribution >= 4 is 47.4 Å². The Morgan fingerprint density at radius 2 is 1.44 bits per heavy atom. The zero-order chi connectivity index (χ0) is 49.8. The third-order valence-electron chi connectivity index (χ3n) is 11.9. The molecule has 1 aromatic heterocycles. The van der Waals surface area contributed by atoms with Crippen LogP contribution in [-0.4, -0.2) is 128 Å². The number of amides is 6. The van der Waals surface area contributed by atoms with Gasteiger partial charge >= 0.3 is 5.97 Å². The fraction of sp³-hybridized carbons (Fsp3) is 0.511. The summed E-state index contributed by atoms with van der Waals surface area (Å²) in [6, 6.07) is 6.76. The number of imidazole rings is 1. The fourth-order valence-corrected chi connectivity index (χ4v) is 7.81. The van der Waals surface area contributed by atoms with Gasteiger partial charge in [-0.05, 0) is 61.3 Å². The Labute approximate surface area is 396 Å². The molecule has 2 aromatic carbocycles. The first kappa shape index (κ1) is 53.6. The molecular weight excluding hydrogens is 877 g/mol. The number of nitrogens with two attached hydrogens (primary N) is 3. The smallest absolute Gasteiger partial charge is 0.326 e. The van der Waals surface area contributed by atoms with Crippen molar-refractivity contribution in [2.75, 3.05) is 13.1 Å². The van der Waals surface area contributed by atoms with Gasteiger partial charge in [0, 0.05) is 44.2 Å². The lowest BCUT2D eigenvalue weighted by molar-refractivity contribution is -0.145. The number of phenols is 1. The van der Waals surface area contributed by atoms with E-state index >= 15 is 0 Å². The number of hydrogen-bond acceptors (Lipinski definition) is 11. The molecule has 21 nitrogen and oxygen atoms in total. The number of guanidine groups is 1. The molecule has 0 saturated carbocycles. The molecule has 14 N–H and O–H groups in total. The van der Waals surface area contributed by atoms with Crippen molar-refractivity contribution < 1.29 is 43.8 Å². The number of aromatic nitrogens is 2. The number of likely N-dealkylation sites (tertiary alicyclic amines) is 1. The van der Waals surface area contributed by atoms with E-state index < -0.39 is 89.6 Å². The van der Waals surface area contributed by atoms with Crippen molar-refractivity contribution in [3.63, 3.8) is 0 Å². The molecule has 0 radical (unpaired) electrons. The van der Waals surface area contributed by atoms with Crippen molar-refractivity contribution in [2.24, 2.45) is 28.1 Å². The lowest BCUT2D eigenvalue weighted by Crippen LogP contribution is -2.61. The first-order valence-corrected chi connectivity index (χ1v) is 23.2. The normalized spacial score (nSPS) is 16.4. The molecule has 3 aromatic rings. The molecule has 4 rings (SSSR count). The van der Waals surface area contributed by atoms with E-state index in [4.69, 9.17) is 17.2 Å². The number of hydrogen-bond donors (Lipinski definition) is 11. The molecule has 1 aliphatic heterocycles. The molecule has 1 fully saturated rings. The van der Waals surface area contributed by atoms with Gasteiger partial charge in [-0.15, -0.1) is 0 Å². The number of unbranched alkanes of at least 4 members (excludes halogenated alkanes) is 1. The highest BCUT2D eigenvalue weighted by Gasteiger charge is 2.40. The fourth-order valence-electron chi connectivity index (χ4n) is 7.81. The number of carbonyl (C=O) groups is 7. The molecule has 370 valence electrons. The third kappa shape index (κ3) is 16.7. The average molecular weight is 945 g/mol. The second-order valence-corrected chi connectivity index (χ2v) is 17.2. The van der Waals surface area contributed by atoms with Crippen LogP contribution in [0.25, 0.3) is 0 Å². The first-order chi connectivity index (χ1) is 32.5. The SMILES string of the molecule is CCCC[C@H](NC(=O)[C@@H](N)CCCN=C(N)N)C(=O)N[C@@H](Cc1ccc(O)cc1)C(=O)N[C@H](C(=O)N[C@@H](Cc1cnc[nH]1)C(=O)N1CCC[C@H]1C(=O)N[C@@H](Cc1ccccc1)C(=O)O)[C@@H](C)CC. The summed E-state index contributed by atoms with van der Waals surface area (Å²) >= 11 is 0. The highest BCUT2D eigenvalue weighted by Crippen LogP contribution is 2.21. The lowest BCUT2D eigenvalue weighted by Gasteiger charge is -2.32. The number of aromatic hydroxyl groups is 1. The maximum atomic E-state index is 14.5. The summed E-state index contributed by atoms with van der Waals surface area (Å²) in [5, 5.41) is 33.7. The predicted molar refractivity (Wildman–Crippen MR) is 253 cm³/mol. The molecule has 6 amide bonds. The van der Waals surface area contributed by atoms with Crippen LogP contribution in [0, 0.1) is 5.92 Å². The van der Waals surface area contributed by atoms with Crippen LogP contribution in [-0.2, 0) is 52.8 Å². The minimum Gasteiger partial charge on any atom is -0.508 e. The molecule has 1 saturated heterocycles. The van der Waals surface area contributed by atoms with E-state index in [-0.39, 0.29) is 63.3 Å². The minimum absolute atomic E-state index is 0.0168. The number of aliphatic imine (C=N–C) groups is 1. The van der Waals surface area contributed by atoms with E-state index in [1.54, 1.807) is 49.4 Å². The second-order valence-electron chi connectivity index (χ2n) is 17.2. The summed E-state index contributed by atoms with van der Waals surface area (Å²) in [7, 11) is 0. The Balaban J connectivity index is 1.56. The zero-order valence-electron chi connectivity index (χ0n) is 39.0. The zero-order valence-corrected chi connectivity index (χ0v) is 39.0. The monoisotopic (exact) mass is 945 g/mol. The van der Waals surface area contributed by atoms with E-state index in [2.05, 4.69) is 41.5 Å². The maximum absolute atomic E-state index is 14.5. The largest absolute Gasteiger partial charge is 0.508 e. The van der Waals surface area contributed by atoms with Crippen LogP contribution >= 0.6 is 0 Å². The molecule has 68 heavy (non-hydrogen) atoms. The van der Waals surface area contributed by atoms with Gasteiger partial charge in [-0.2, -0.15) is 0 Å². The summed E-state index contributed by atoms with van der Waals surface area (Å²) in [4.78, 5) is 109. The number of benzene rings is 2. The minimum atomic E-state index is -1.29. The van der Waals surface area contributed by atoms with Crippen LogP contribution in [0.15, 0.2) is 72.1 Å². The number of rotatable bonds is 27. The molecule has 0 bridgehead atoms. The Morgan fingerprint density at radius 1 is 0.794 bits per heavy atom. The van der Waals surface area contributed by atoms with Gasteiger partial charge in [0.05, 0.1) is 12.4 Å². The number of H-pyrrole nitrogens is 1. The summed E-state index contributed by atoms with van der Waals surface area (Å²) in [5.41, 5.74) is 18.7. The Bertz CT molecular complexity index is 2150. The predicted octanol–water partition coefficient (Wildman–Crippen LogP) is 0.260. The molecular formula is C47H68N12O9. The van der Waals surface area contributed by atoms with Crippen LogP contribution in [0.3, 0.4) is 0 Å². The van der Waals surface area contributed by atoms with Gasteiger partial charge in [0.2, 0.25) is 35.4 Å². The van der Waals surface area contributed by atoms with E-state index in [1.807, 2.05) is 13.8 Å². The first-order valence-electron chi connectivity index (χ1n) is 23.2. The number of nitrogens with zero attached hydrogens (tertiary/aromatic N) is 3. The number of aliphatic carboxylic acids is 1. The Kier molecular flexibility index (Phi) is 21.2. The lowest BCUT2D eigenvalue weighted by atomic mass is 9.96.